The highest BCUT2D eigenvalue weighted by molar-refractivity contribution is 5.73. The van der Waals surface area contributed by atoms with Crippen molar-refractivity contribution in [2.24, 2.45) is 0 Å². The van der Waals surface area contributed by atoms with Gasteiger partial charge in [-0.15, -0.1) is 0 Å². The third kappa shape index (κ3) is 4.79. The van der Waals surface area contributed by atoms with Crippen molar-refractivity contribution in [3.8, 4) is 6.01 Å². The normalized spacial score (nSPS) is 20.5. The molecule has 0 aliphatic carbocycles. The van der Waals surface area contributed by atoms with Crippen LogP contribution in [-0.2, 0) is 17.8 Å². The zero-order valence-electron chi connectivity index (χ0n) is 15.4. The van der Waals surface area contributed by atoms with Crippen molar-refractivity contribution in [1.82, 2.24) is 20.2 Å². The molecule has 0 unspecified atom stereocenters. The summed E-state index contributed by atoms with van der Waals surface area (Å²) in [6, 6.07) is 11.2. The predicted octanol–water partition coefficient (Wildman–Crippen LogP) is 2.20. The molecule has 2 heterocycles. The molecule has 6 nitrogen and oxygen atoms in total. The molecule has 6 heteroatoms. The first-order valence-electron chi connectivity index (χ1n) is 9.05. The molecule has 0 saturated carbocycles. The summed E-state index contributed by atoms with van der Waals surface area (Å²) in [4.78, 5) is 22.5. The summed E-state index contributed by atoms with van der Waals surface area (Å²) < 4.78 is 5.04. The Labute approximate surface area is 154 Å². The van der Waals surface area contributed by atoms with Crippen LogP contribution in [0.3, 0.4) is 0 Å². The Morgan fingerprint density at radius 3 is 2.62 bits per heavy atom. The van der Waals surface area contributed by atoms with E-state index in [0.29, 0.717) is 6.01 Å². The molecule has 1 amide bonds. The second-order valence-corrected chi connectivity index (χ2v) is 6.75. The molecule has 3 rings (SSSR count). The number of carbonyl (C=O) groups is 1. The van der Waals surface area contributed by atoms with Crippen LogP contribution < -0.4 is 10.1 Å². The van der Waals surface area contributed by atoms with Crippen molar-refractivity contribution in [2.75, 3.05) is 13.7 Å². The lowest BCUT2D eigenvalue weighted by Gasteiger charge is -2.41. The van der Waals surface area contributed by atoms with E-state index in [0.717, 1.165) is 37.9 Å². The fourth-order valence-electron chi connectivity index (χ4n) is 3.64. The van der Waals surface area contributed by atoms with E-state index in [1.807, 2.05) is 18.5 Å². The van der Waals surface area contributed by atoms with Crippen LogP contribution in [0.25, 0.3) is 0 Å². The predicted molar refractivity (Wildman–Crippen MR) is 99.8 cm³/mol. The first-order chi connectivity index (χ1) is 12.7. The lowest BCUT2D eigenvalue weighted by atomic mass is 9.90. The summed E-state index contributed by atoms with van der Waals surface area (Å²) in [5.74, 6) is 0.0303. The average Bonchev–Trinajstić information content (AvgIpc) is 2.65. The van der Waals surface area contributed by atoms with Gasteiger partial charge in [-0.1, -0.05) is 30.3 Å². The topological polar surface area (TPSA) is 67.3 Å². The fourth-order valence-corrected chi connectivity index (χ4v) is 3.64. The maximum absolute atomic E-state index is 11.7. The van der Waals surface area contributed by atoms with Gasteiger partial charge in [0.15, 0.2) is 0 Å². The van der Waals surface area contributed by atoms with E-state index in [1.165, 1.54) is 5.56 Å². The lowest BCUT2D eigenvalue weighted by molar-refractivity contribution is -0.120. The third-order valence-electron chi connectivity index (χ3n) is 4.82. The van der Waals surface area contributed by atoms with Crippen LogP contribution in [0.5, 0.6) is 6.01 Å². The number of aromatic nitrogens is 2. The number of methoxy groups -OCH3 is 1. The maximum atomic E-state index is 11.7. The third-order valence-corrected chi connectivity index (χ3v) is 4.82. The summed E-state index contributed by atoms with van der Waals surface area (Å²) in [7, 11) is 1.56. The standard InChI is InChI=1S/C20H26N4O2/c1-15(25)23-18-9-6-10-24(14-17-12-21-20(26-2)22-13-17)19(18)11-16-7-4-3-5-8-16/h3-5,7-8,12-13,18-19H,6,9-11,14H2,1-2H3,(H,23,25)/t18-,19-/m0/s1. The van der Waals surface area contributed by atoms with Gasteiger partial charge in [0.25, 0.3) is 0 Å². The highest BCUT2D eigenvalue weighted by atomic mass is 16.5. The molecule has 26 heavy (non-hydrogen) atoms. The first kappa shape index (κ1) is 18.3. The van der Waals surface area contributed by atoms with Gasteiger partial charge in [0.05, 0.1) is 7.11 Å². The van der Waals surface area contributed by atoms with Gasteiger partial charge in [-0.05, 0) is 31.4 Å². The highest BCUT2D eigenvalue weighted by Gasteiger charge is 2.32. The van der Waals surface area contributed by atoms with E-state index in [-0.39, 0.29) is 18.0 Å². The zero-order valence-corrected chi connectivity index (χ0v) is 15.4. The Hall–Kier alpha value is -2.47. The number of rotatable bonds is 6. The van der Waals surface area contributed by atoms with Crippen molar-refractivity contribution in [2.45, 2.75) is 44.8 Å². The molecule has 0 bridgehead atoms. The van der Waals surface area contributed by atoms with Crippen LogP contribution in [-0.4, -0.2) is 46.5 Å². The number of piperidine rings is 1. The monoisotopic (exact) mass is 354 g/mol. The fraction of sp³-hybridized carbons (Fsp3) is 0.450. The van der Waals surface area contributed by atoms with Crippen molar-refractivity contribution in [3.63, 3.8) is 0 Å². The second-order valence-electron chi connectivity index (χ2n) is 6.75. The van der Waals surface area contributed by atoms with Crippen LogP contribution in [0.4, 0.5) is 0 Å². The van der Waals surface area contributed by atoms with Crippen molar-refractivity contribution >= 4 is 5.91 Å². The van der Waals surface area contributed by atoms with Gasteiger partial charge >= 0.3 is 6.01 Å². The number of likely N-dealkylation sites (tertiary alicyclic amines) is 1. The average molecular weight is 354 g/mol. The van der Waals surface area contributed by atoms with Gasteiger partial charge in [-0.3, -0.25) is 9.69 Å². The molecule has 1 fully saturated rings. The number of nitrogens with one attached hydrogen (secondary N) is 1. The minimum Gasteiger partial charge on any atom is -0.467 e. The van der Waals surface area contributed by atoms with Crippen molar-refractivity contribution < 1.29 is 9.53 Å². The summed E-state index contributed by atoms with van der Waals surface area (Å²) >= 11 is 0. The summed E-state index contributed by atoms with van der Waals surface area (Å²) in [6.45, 7) is 3.35. The lowest BCUT2D eigenvalue weighted by Crippen LogP contribution is -2.55. The Balaban J connectivity index is 1.78. The van der Waals surface area contributed by atoms with Crippen LogP contribution in [0, 0.1) is 0 Å². The summed E-state index contributed by atoms with van der Waals surface area (Å²) in [5.41, 5.74) is 2.33. The Morgan fingerprint density at radius 2 is 1.96 bits per heavy atom. The van der Waals surface area contributed by atoms with Crippen molar-refractivity contribution in [3.05, 3.63) is 53.9 Å². The largest absolute Gasteiger partial charge is 0.467 e. The number of benzene rings is 1. The number of nitrogens with zero attached hydrogens (tertiary/aromatic N) is 3. The molecule has 138 valence electrons. The van der Waals surface area contributed by atoms with Crippen LogP contribution in [0.1, 0.15) is 30.9 Å². The van der Waals surface area contributed by atoms with Crippen molar-refractivity contribution in [1.29, 1.82) is 0 Å². The van der Waals surface area contributed by atoms with E-state index in [4.69, 9.17) is 4.74 Å². The quantitative estimate of drug-likeness (QED) is 0.861. The summed E-state index contributed by atoms with van der Waals surface area (Å²) in [6.07, 6.45) is 6.60. The molecule has 1 aliphatic heterocycles. The van der Waals surface area contributed by atoms with E-state index in [9.17, 15) is 4.79 Å². The van der Waals surface area contributed by atoms with Gasteiger partial charge in [-0.25, -0.2) is 9.97 Å². The molecular formula is C20H26N4O2. The Morgan fingerprint density at radius 1 is 1.23 bits per heavy atom. The molecule has 0 radical (unpaired) electrons. The Bertz CT molecular complexity index is 706. The van der Waals surface area contributed by atoms with E-state index < -0.39 is 0 Å². The van der Waals surface area contributed by atoms with E-state index in [2.05, 4.69) is 44.5 Å². The summed E-state index contributed by atoms with van der Waals surface area (Å²) in [5, 5.41) is 3.15. The zero-order chi connectivity index (χ0) is 18.4. The van der Waals surface area contributed by atoms with Gasteiger partial charge in [0.1, 0.15) is 0 Å². The van der Waals surface area contributed by atoms with Gasteiger partial charge < -0.3 is 10.1 Å². The molecule has 1 aromatic carbocycles. The highest BCUT2D eigenvalue weighted by Crippen LogP contribution is 2.23. The van der Waals surface area contributed by atoms with Gasteiger partial charge in [0.2, 0.25) is 5.91 Å². The molecule has 0 spiro atoms. The second kappa shape index (κ2) is 8.76. The Kier molecular flexibility index (Phi) is 6.17. The molecule has 1 aliphatic rings. The number of ether oxygens (including phenoxy) is 1. The molecule has 1 N–H and O–H groups in total. The molecular weight excluding hydrogens is 328 g/mol. The van der Waals surface area contributed by atoms with Gasteiger partial charge in [-0.2, -0.15) is 0 Å². The minimum atomic E-state index is 0.0303. The van der Waals surface area contributed by atoms with Crippen LogP contribution in [0.2, 0.25) is 0 Å². The van der Waals surface area contributed by atoms with E-state index in [1.54, 1.807) is 14.0 Å². The SMILES string of the molecule is COc1ncc(CN2CCC[C@H](NC(C)=O)[C@@H]2Cc2ccccc2)cn1. The molecule has 1 saturated heterocycles. The number of hydrogen-bond acceptors (Lipinski definition) is 5. The number of hydrogen-bond donors (Lipinski definition) is 1. The first-order valence-corrected chi connectivity index (χ1v) is 9.05. The molecule has 2 atom stereocenters. The smallest absolute Gasteiger partial charge is 0.316 e. The number of carbonyl (C=O) groups excluding carboxylic acids is 1. The minimum absolute atomic E-state index is 0.0303. The van der Waals surface area contributed by atoms with E-state index >= 15 is 0 Å². The maximum Gasteiger partial charge on any atom is 0.316 e. The molecule has 2 aromatic rings. The van der Waals surface area contributed by atoms with Crippen LogP contribution >= 0.6 is 0 Å². The number of amides is 1. The van der Waals surface area contributed by atoms with Gasteiger partial charge in [0, 0.05) is 43.5 Å². The molecule has 1 aromatic heterocycles. The van der Waals surface area contributed by atoms with Crippen LogP contribution in [0.15, 0.2) is 42.7 Å².